The van der Waals surface area contributed by atoms with E-state index in [9.17, 15) is 4.79 Å². The number of carbonyl (C=O) groups excluding carboxylic acids is 1. The fraction of sp³-hybridized carbons (Fsp3) is 0.318. The first-order valence-electron chi connectivity index (χ1n) is 9.20. The van der Waals surface area contributed by atoms with Crippen LogP contribution < -0.4 is 4.90 Å². The smallest absolute Gasteiger partial charge is 0.240 e. The highest BCUT2D eigenvalue weighted by molar-refractivity contribution is 5.94. The van der Waals surface area contributed by atoms with Crippen molar-refractivity contribution in [1.82, 2.24) is 9.80 Å². The summed E-state index contributed by atoms with van der Waals surface area (Å²) < 4.78 is 0. The topological polar surface area (TPSA) is 26.8 Å². The van der Waals surface area contributed by atoms with Crippen molar-refractivity contribution in [3.05, 3.63) is 72.3 Å². The van der Waals surface area contributed by atoms with E-state index in [4.69, 9.17) is 0 Å². The molecule has 2 aromatic carbocycles. The first kappa shape index (κ1) is 18.4. The van der Waals surface area contributed by atoms with Gasteiger partial charge in [0.2, 0.25) is 5.91 Å². The molecule has 3 rings (SSSR count). The quantitative estimate of drug-likeness (QED) is 0.802. The Morgan fingerprint density at radius 3 is 2.15 bits per heavy atom. The molecule has 1 aliphatic rings. The number of anilines is 1. The lowest BCUT2D eigenvalue weighted by Crippen LogP contribution is -2.49. The van der Waals surface area contributed by atoms with Crippen LogP contribution in [0.1, 0.15) is 5.56 Å². The van der Waals surface area contributed by atoms with E-state index in [-0.39, 0.29) is 5.91 Å². The van der Waals surface area contributed by atoms with Crippen molar-refractivity contribution in [1.29, 1.82) is 0 Å². The second-order valence-corrected chi connectivity index (χ2v) is 6.68. The number of benzene rings is 2. The van der Waals surface area contributed by atoms with Gasteiger partial charge in [-0.15, -0.1) is 0 Å². The predicted molar refractivity (Wildman–Crippen MR) is 108 cm³/mol. The molecule has 0 atom stereocenters. The van der Waals surface area contributed by atoms with E-state index in [1.165, 1.54) is 5.56 Å². The van der Waals surface area contributed by atoms with Crippen LogP contribution in [0.25, 0.3) is 6.08 Å². The summed E-state index contributed by atoms with van der Waals surface area (Å²) in [7, 11) is 1.85. The molecule has 4 heteroatoms. The molecule has 0 spiro atoms. The molecular formula is C22H27N3O. The summed E-state index contributed by atoms with van der Waals surface area (Å²) in [5.74, 6) is 0.147. The molecule has 1 aliphatic heterocycles. The molecule has 1 heterocycles. The lowest BCUT2D eigenvalue weighted by atomic mass is 10.2. The fourth-order valence-electron chi connectivity index (χ4n) is 3.12. The number of hydrogen-bond acceptors (Lipinski definition) is 3. The maximum absolute atomic E-state index is 12.5. The summed E-state index contributed by atoms with van der Waals surface area (Å²) in [6.07, 6.45) is 4.39. The molecule has 0 bridgehead atoms. The molecule has 1 amide bonds. The highest BCUT2D eigenvalue weighted by Gasteiger charge is 2.20. The Labute approximate surface area is 156 Å². The van der Waals surface area contributed by atoms with Crippen LogP contribution in [0.2, 0.25) is 0 Å². The van der Waals surface area contributed by atoms with E-state index in [2.05, 4.69) is 46.2 Å². The lowest BCUT2D eigenvalue weighted by Gasteiger charge is -2.34. The molecule has 136 valence electrons. The predicted octanol–water partition coefficient (Wildman–Crippen LogP) is 2.98. The molecule has 0 aliphatic carbocycles. The first-order valence-corrected chi connectivity index (χ1v) is 9.20. The van der Waals surface area contributed by atoms with Crippen LogP contribution >= 0.6 is 0 Å². The van der Waals surface area contributed by atoms with Crippen molar-refractivity contribution in [3.8, 4) is 0 Å². The van der Waals surface area contributed by atoms with Crippen molar-refractivity contribution in [2.24, 2.45) is 0 Å². The summed E-state index contributed by atoms with van der Waals surface area (Å²) >= 11 is 0. The van der Waals surface area contributed by atoms with Crippen LogP contribution in [0, 0.1) is 0 Å². The van der Waals surface area contributed by atoms with E-state index < -0.39 is 0 Å². The zero-order chi connectivity index (χ0) is 18.2. The van der Waals surface area contributed by atoms with E-state index >= 15 is 0 Å². The first-order chi connectivity index (χ1) is 12.7. The molecule has 0 saturated carbocycles. The SMILES string of the molecule is CN(C(=O)CN1CCN(CC=Cc2ccccc2)CC1)c1ccccc1. The molecular weight excluding hydrogens is 322 g/mol. The van der Waals surface area contributed by atoms with Crippen LogP contribution in [0.5, 0.6) is 0 Å². The summed E-state index contributed by atoms with van der Waals surface area (Å²) in [4.78, 5) is 18.9. The Morgan fingerprint density at radius 1 is 0.923 bits per heavy atom. The molecule has 4 nitrogen and oxygen atoms in total. The number of rotatable bonds is 6. The van der Waals surface area contributed by atoms with Crippen molar-refractivity contribution in [2.45, 2.75) is 0 Å². The number of para-hydroxylation sites is 1. The number of likely N-dealkylation sites (N-methyl/N-ethyl adjacent to an activating group) is 1. The highest BCUT2D eigenvalue weighted by atomic mass is 16.2. The average Bonchev–Trinajstić information content (AvgIpc) is 2.70. The molecule has 1 fully saturated rings. The van der Waals surface area contributed by atoms with Crippen molar-refractivity contribution >= 4 is 17.7 Å². The van der Waals surface area contributed by atoms with Gasteiger partial charge in [-0.05, 0) is 17.7 Å². The van der Waals surface area contributed by atoms with Gasteiger partial charge in [0.15, 0.2) is 0 Å². The van der Waals surface area contributed by atoms with Gasteiger partial charge >= 0.3 is 0 Å². The molecule has 0 radical (unpaired) electrons. The Hall–Kier alpha value is -2.43. The maximum Gasteiger partial charge on any atom is 0.240 e. The van der Waals surface area contributed by atoms with Gasteiger partial charge in [0.1, 0.15) is 0 Å². The third-order valence-electron chi connectivity index (χ3n) is 4.81. The van der Waals surface area contributed by atoms with Crippen LogP contribution in [0.4, 0.5) is 5.69 Å². The fourth-order valence-corrected chi connectivity index (χ4v) is 3.12. The molecule has 26 heavy (non-hydrogen) atoms. The molecule has 2 aromatic rings. The van der Waals surface area contributed by atoms with Gasteiger partial charge in [-0.1, -0.05) is 60.7 Å². The van der Waals surface area contributed by atoms with Gasteiger partial charge in [-0.3, -0.25) is 14.6 Å². The minimum atomic E-state index is 0.147. The van der Waals surface area contributed by atoms with Gasteiger partial charge in [-0.2, -0.15) is 0 Å². The molecule has 0 unspecified atom stereocenters. The number of hydrogen-bond donors (Lipinski definition) is 0. The summed E-state index contributed by atoms with van der Waals surface area (Å²) in [5.41, 5.74) is 2.18. The third kappa shape index (κ3) is 5.28. The van der Waals surface area contributed by atoms with Crippen LogP contribution in [-0.4, -0.2) is 62.0 Å². The number of piperazine rings is 1. The molecule has 0 N–H and O–H groups in total. The second-order valence-electron chi connectivity index (χ2n) is 6.68. The van der Waals surface area contributed by atoms with Gasteiger partial charge in [0, 0.05) is 45.5 Å². The Balaban J connectivity index is 1.41. The zero-order valence-electron chi connectivity index (χ0n) is 15.4. The summed E-state index contributed by atoms with van der Waals surface area (Å²) in [5, 5.41) is 0. The zero-order valence-corrected chi connectivity index (χ0v) is 15.4. The molecule has 1 saturated heterocycles. The monoisotopic (exact) mass is 349 g/mol. The number of carbonyl (C=O) groups is 1. The maximum atomic E-state index is 12.5. The van der Waals surface area contributed by atoms with E-state index in [1.807, 2.05) is 43.4 Å². The Morgan fingerprint density at radius 2 is 1.50 bits per heavy atom. The Kier molecular flexibility index (Phi) is 6.58. The van der Waals surface area contributed by atoms with Crippen molar-refractivity contribution in [2.75, 3.05) is 51.2 Å². The van der Waals surface area contributed by atoms with Crippen molar-refractivity contribution in [3.63, 3.8) is 0 Å². The average molecular weight is 349 g/mol. The highest BCUT2D eigenvalue weighted by Crippen LogP contribution is 2.12. The Bertz CT molecular complexity index is 707. The minimum Gasteiger partial charge on any atom is -0.314 e. The second kappa shape index (κ2) is 9.32. The normalized spacial score (nSPS) is 16.0. The molecule has 0 aromatic heterocycles. The summed E-state index contributed by atoms with van der Waals surface area (Å²) in [6, 6.07) is 20.2. The van der Waals surface area contributed by atoms with E-state index in [0.29, 0.717) is 6.54 Å². The number of nitrogens with zero attached hydrogens (tertiary/aromatic N) is 3. The van der Waals surface area contributed by atoms with Crippen molar-refractivity contribution < 1.29 is 4.79 Å². The van der Waals surface area contributed by atoms with E-state index in [1.54, 1.807) is 4.90 Å². The third-order valence-corrected chi connectivity index (χ3v) is 4.81. The van der Waals surface area contributed by atoms with Crippen LogP contribution in [0.3, 0.4) is 0 Å². The van der Waals surface area contributed by atoms with Crippen LogP contribution in [0.15, 0.2) is 66.7 Å². The minimum absolute atomic E-state index is 0.147. The van der Waals surface area contributed by atoms with Gasteiger partial charge < -0.3 is 4.90 Å². The summed E-state index contributed by atoms with van der Waals surface area (Å²) in [6.45, 7) is 5.32. The van der Waals surface area contributed by atoms with E-state index in [0.717, 1.165) is 38.4 Å². The van der Waals surface area contributed by atoms with Gasteiger partial charge in [-0.25, -0.2) is 0 Å². The lowest BCUT2D eigenvalue weighted by molar-refractivity contribution is -0.119. The van der Waals surface area contributed by atoms with Gasteiger partial charge in [0.05, 0.1) is 6.54 Å². The van der Waals surface area contributed by atoms with Gasteiger partial charge in [0.25, 0.3) is 0 Å². The van der Waals surface area contributed by atoms with Crippen LogP contribution in [-0.2, 0) is 4.79 Å². The standard InChI is InChI=1S/C22H27N3O/c1-23(21-12-6-3-7-13-21)22(26)19-25-17-15-24(16-18-25)14-8-11-20-9-4-2-5-10-20/h2-13H,14-19H2,1H3. The number of amides is 1. The largest absolute Gasteiger partial charge is 0.314 e.